The van der Waals surface area contributed by atoms with Crippen LogP contribution in [0.4, 0.5) is 0 Å². The fourth-order valence-corrected chi connectivity index (χ4v) is 2.55. The minimum absolute atomic E-state index is 0.0274. The Morgan fingerprint density at radius 3 is 2.43 bits per heavy atom. The van der Waals surface area contributed by atoms with E-state index in [1.165, 1.54) is 0 Å². The van der Waals surface area contributed by atoms with E-state index >= 15 is 0 Å². The lowest BCUT2D eigenvalue weighted by atomic mass is 10.0. The highest BCUT2D eigenvalue weighted by atomic mass is 16.5. The van der Waals surface area contributed by atoms with Crippen LogP contribution in [0.3, 0.4) is 0 Å². The molecule has 3 aromatic rings. The predicted molar refractivity (Wildman–Crippen MR) is 87.6 cm³/mol. The molecular formula is C18H16N2O3. The number of carboxylic acid groups (broad SMARTS) is 1. The molecule has 0 saturated heterocycles. The number of carbonyl (C=O) groups is 1. The van der Waals surface area contributed by atoms with E-state index in [1.807, 2.05) is 48.5 Å². The highest BCUT2D eigenvalue weighted by molar-refractivity contribution is 5.87. The Bertz CT molecular complexity index is 854. The molecule has 0 radical (unpaired) electrons. The first-order valence-electron chi connectivity index (χ1n) is 7.11. The van der Waals surface area contributed by atoms with Crippen molar-refractivity contribution < 1.29 is 14.6 Å². The highest BCUT2D eigenvalue weighted by Gasteiger charge is 2.14. The van der Waals surface area contributed by atoms with Crippen LogP contribution in [-0.2, 0) is 7.05 Å². The standard InChI is InChI=1S/C18H16N2O3/c1-20-16(11-15(19-20)18(21)22)13-8-9-17(23-2)14(10-13)12-6-4-3-5-7-12/h3-11H,1-2H3,(H,21,22). The van der Waals surface area contributed by atoms with Gasteiger partial charge in [-0.3, -0.25) is 4.68 Å². The van der Waals surface area contributed by atoms with Crippen LogP contribution in [0.2, 0.25) is 0 Å². The third-order valence-electron chi connectivity index (χ3n) is 3.68. The Morgan fingerprint density at radius 1 is 1.09 bits per heavy atom. The van der Waals surface area contributed by atoms with Crippen LogP contribution >= 0.6 is 0 Å². The van der Waals surface area contributed by atoms with Crippen molar-refractivity contribution in [1.82, 2.24) is 9.78 Å². The van der Waals surface area contributed by atoms with Crippen molar-refractivity contribution in [3.05, 3.63) is 60.3 Å². The van der Waals surface area contributed by atoms with Crippen molar-refractivity contribution in [2.24, 2.45) is 7.05 Å². The van der Waals surface area contributed by atoms with Crippen LogP contribution in [0.15, 0.2) is 54.6 Å². The summed E-state index contributed by atoms with van der Waals surface area (Å²) in [4.78, 5) is 11.1. The summed E-state index contributed by atoms with van der Waals surface area (Å²) in [5.41, 5.74) is 3.63. The molecule has 0 aliphatic carbocycles. The number of aryl methyl sites for hydroxylation is 1. The maximum absolute atomic E-state index is 11.1. The first-order chi connectivity index (χ1) is 11.1. The summed E-state index contributed by atoms with van der Waals surface area (Å²) in [7, 11) is 3.36. The first-order valence-corrected chi connectivity index (χ1v) is 7.11. The Morgan fingerprint density at radius 2 is 1.83 bits per heavy atom. The summed E-state index contributed by atoms with van der Waals surface area (Å²) >= 11 is 0. The normalized spacial score (nSPS) is 10.5. The Balaban J connectivity index is 2.14. The number of aromatic nitrogens is 2. The van der Waals surface area contributed by atoms with Crippen molar-refractivity contribution in [2.75, 3.05) is 7.11 Å². The molecule has 1 heterocycles. The van der Waals surface area contributed by atoms with Gasteiger partial charge < -0.3 is 9.84 Å². The van der Waals surface area contributed by atoms with Gasteiger partial charge in [0.1, 0.15) is 5.75 Å². The zero-order chi connectivity index (χ0) is 16.4. The molecule has 23 heavy (non-hydrogen) atoms. The first kappa shape index (κ1) is 14.8. The molecule has 5 heteroatoms. The van der Waals surface area contributed by atoms with E-state index in [9.17, 15) is 4.79 Å². The third-order valence-corrected chi connectivity index (χ3v) is 3.68. The maximum atomic E-state index is 11.1. The lowest BCUT2D eigenvalue weighted by Gasteiger charge is -2.11. The summed E-state index contributed by atoms with van der Waals surface area (Å²) in [6, 6.07) is 17.2. The molecule has 2 aromatic carbocycles. The van der Waals surface area contributed by atoms with E-state index in [1.54, 1.807) is 24.9 Å². The van der Waals surface area contributed by atoms with Crippen molar-refractivity contribution in [3.8, 4) is 28.1 Å². The third kappa shape index (κ3) is 2.81. The summed E-state index contributed by atoms with van der Waals surface area (Å²) in [6.07, 6.45) is 0. The molecule has 1 N–H and O–H groups in total. The van der Waals surface area contributed by atoms with Crippen LogP contribution in [-0.4, -0.2) is 28.0 Å². The van der Waals surface area contributed by atoms with Crippen molar-refractivity contribution in [3.63, 3.8) is 0 Å². The number of benzene rings is 2. The van der Waals surface area contributed by atoms with Gasteiger partial charge in [-0.25, -0.2) is 4.79 Å². The van der Waals surface area contributed by atoms with Gasteiger partial charge in [-0.05, 0) is 29.8 Å². The number of aromatic carboxylic acids is 1. The second-order valence-corrected chi connectivity index (χ2v) is 5.12. The number of ether oxygens (including phenoxy) is 1. The van der Waals surface area contributed by atoms with Gasteiger partial charge >= 0.3 is 5.97 Å². The molecule has 0 aliphatic heterocycles. The minimum Gasteiger partial charge on any atom is -0.496 e. The molecule has 0 atom stereocenters. The van der Waals surface area contributed by atoms with Crippen molar-refractivity contribution in [2.45, 2.75) is 0 Å². The average Bonchev–Trinajstić information content (AvgIpc) is 2.97. The fraction of sp³-hybridized carbons (Fsp3) is 0.111. The predicted octanol–water partition coefficient (Wildman–Crippen LogP) is 3.46. The summed E-state index contributed by atoms with van der Waals surface area (Å²) < 4.78 is 7.02. The average molecular weight is 308 g/mol. The molecule has 3 rings (SSSR count). The molecule has 0 aliphatic rings. The smallest absolute Gasteiger partial charge is 0.356 e. The van der Waals surface area contributed by atoms with E-state index in [-0.39, 0.29) is 5.69 Å². The van der Waals surface area contributed by atoms with Crippen LogP contribution in [0.1, 0.15) is 10.5 Å². The van der Waals surface area contributed by atoms with Crippen LogP contribution in [0.25, 0.3) is 22.4 Å². The number of hydrogen-bond donors (Lipinski definition) is 1. The quantitative estimate of drug-likeness (QED) is 0.801. The topological polar surface area (TPSA) is 64.3 Å². The van der Waals surface area contributed by atoms with Gasteiger partial charge in [0, 0.05) is 18.2 Å². The van der Waals surface area contributed by atoms with Crippen LogP contribution in [0, 0.1) is 0 Å². The van der Waals surface area contributed by atoms with Gasteiger partial charge in [-0.1, -0.05) is 30.3 Å². The Hall–Kier alpha value is -3.08. The molecule has 0 fully saturated rings. The van der Waals surface area contributed by atoms with Crippen molar-refractivity contribution >= 4 is 5.97 Å². The number of rotatable bonds is 4. The molecule has 0 bridgehead atoms. The molecule has 0 unspecified atom stereocenters. The molecule has 5 nitrogen and oxygen atoms in total. The number of nitrogens with zero attached hydrogens (tertiary/aromatic N) is 2. The monoisotopic (exact) mass is 308 g/mol. The Labute approximate surface area is 133 Å². The van der Waals surface area contributed by atoms with Gasteiger partial charge in [0.25, 0.3) is 0 Å². The van der Waals surface area contributed by atoms with Gasteiger partial charge in [0.2, 0.25) is 0 Å². The van der Waals surface area contributed by atoms with E-state index in [4.69, 9.17) is 9.84 Å². The van der Waals surface area contributed by atoms with E-state index < -0.39 is 5.97 Å². The van der Waals surface area contributed by atoms with E-state index in [2.05, 4.69) is 5.10 Å². The Kier molecular flexibility index (Phi) is 3.85. The molecule has 116 valence electrons. The second-order valence-electron chi connectivity index (χ2n) is 5.12. The maximum Gasteiger partial charge on any atom is 0.356 e. The fourth-order valence-electron chi connectivity index (χ4n) is 2.55. The molecule has 1 aromatic heterocycles. The molecule has 0 saturated carbocycles. The molecule has 0 amide bonds. The number of hydrogen-bond acceptors (Lipinski definition) is 3. The zero-order valence-electron chi connectivity index (χ0n) is 12.9. The van der Waals surface area contributed by atoms with Crippen LogP contribution < -0.4 is 4.74 Å². The molecule has 0 spiro atoms. The zero-order valence-corrected chi connectivity index (χ0v) is 12.9. The van der Waals surface area contributed by atoms with Crippen molar-refractivity contribution in [1.29, 1.82) is 0 Å². The summed E-state index contributed by atoms with van der Waals surface area (Å²) in [6.45, 7) is 0. The van der Waals surface area contributed by atoms with E-state index in [0.29, 0.717) is 0 Å². The number of carboxylic acids is 1. The molecular weight excluding hydrogens is 292 g/mol. The number of methoxy groups -OCH3 is 1. The van der Waals surface area contributed by atoms with Gasteiger partial charge in [0.15, 0.2) is 5.69 Å². The lowest BCUT2D eigenvalue weighted by molar-refractivity contribution is 0.0689. The lowest BCUT2D eigenvalue weighted by Crippen LogP contribution is -1.99. The van der Waals surface area contributed by atoms with Gasteiger partial charge in [-0.2, -0.15) is 5.10 Å². The SMILES string of the molecule is COc1ccc(-c2cc(C(=O)O)nn2C)cc1-c1ccccc1. The largest absolute Gasteiger partial charge is 0.496 e. The van der Waals surface area contributed by atoms with Gasteiger partial charge in [0.05, 0.1) is 12.8 Å². The second kappa shape index (κ2) is 5.96. The van der Waals surface area contributed by atoms with Crippen LogP contribution in [0.5, 0.6) is 5.75 Å². The summed E-state index contributed by atoms with van der Waals surface area (Å²) in [5, 5.41) is 13.1. The van der Waals surface area contributed by atoms with E-state index in [0.717, 1.165) is 28.1 Å². The summed E-state index contributed by atoms with van der Waals surface area (Å²) in [5.74, 6) is -0.274. The minimum atomic E-state index is -1.04. The highest BCUT2D eigenvalue weighted by Crippen LogP contribution is 2.34. The van der Waals surface area contributed by atoms with Gasteiger partial charge in [-0.15, -0.1) is 0 Å².